The summed E-state index contributed by atoms with van der Waals surface area (Å²) in [5.74, 6) is 1.66. The molecule has 0 aliphatic rings. The second kappa shape index (κ2) is 7.58. The first-order valence-corrected chi connectivity index (χ1v) is 8.74. The molecule has 0 fully saturated rings. The molecule has 0 unspecified atom stereocenters. The van der Waals surface area contributed by atoms with Gasteiger partial charge in [-0.25, -0.2) is 0 Å². The molecule has 0 aliphatic carbocycles. The monoisotopic (exact) mass is 382 g/mol. The van der Waals surface area contributed by atoms with Crippen LogP contribution in [-0.2, 0) is 6.42 Å². The van der Waals surface area contributed by atoms with Crippen molar-refractivity contribution in [2.24, 2.45) is 0 Å². The minimum Gasteiger partial charge on any atom is -0.421 e. The molecule has 1 heterocycles. The highest BCUT2D eigenvalue weighted by Gasteiger charge is 2.05. The maximum atomic E-state index is 5.70. The summed E-state index contributed by atoms with van der Waals surface area (Å²) in [6, 6.07) is 16.6. The Morgan fingerprint density at radius 2 is 1.83 bits per heavy atom. The minimum atomic E-state index is 0.513. The van der Waals surface area contributed by atoms with E-state index in [0.717, 1.165) is 15.6 Å². The predicted octanol–water partition coefficient (Wildman–Crippen LogP) is 5.72. The van der Waals surface area contributed by atoms with Crippen molar-refractivity contribution in [3.05, 3.63) is 81.5 Å². The van der Waals surface area contributed by atoms with Crippen LogP contribution in [-0.4, -0.2) is 10.2 Å². The Hall–Kier alpha value is -2.20. The topological polar surface area (TPSA) is 38.9 Å². The SMILES string of the molecule is CC(C)c1cccc(C=Cc2nnc(Cc3ccc(Br)cc3)o2)c1. The van der Waals surface area contributed by atoms with E-state index in [0.29, 0.717) is 24.1 Å². The lowest BCUT2D eigenvalue weighted by molar-refractivity contribution is 0.496. The van der Waals surface area contributed by atoms with Crippen molar-refractivity contribution in [1.29, 1.82) is 0 Å². The summed E-state index contributed by atoms with van der Waals surface area (Å²) in [6.45, 7) is 4.38. The molecule has 0 radical (unpaired) electrons. The summed E-state index contributed by atoms with van der Waals surface area (Å²) in [5, 5.41) is 8.20. The molecule has 122 valence electrons. The van der Waals surface area contributed by atoms with Gasteiger partial charge in [-0.2, -0.15) is 0 Å². The molecule has 0 atom stereocenters. The molecule has 2 aromatic carbocycles. The van der Waals surface area contributed by atoms with Crippen LogP contribution >= 0.6 is 15.9 Å². The minimum absolute atomic E-state index is 0.513. The zero-order valence-corrected chi connectivity index (χ0v) is 15.3. The summed E-state index contributed by atoms with van der Waals surface area (Å²) in [6.07, 6.45) is 4.50. The van der Waals surface area contributed by atoms with Crippen molar-refractivity contribution in [1.82, 2.24) is 10.2 Å². The van der Waals surface area contributed by atoms with Gasteiger partial charge in [0.05, 0.1) is 6.42 Å². The first-order valence-electron chi connectivity index (χ1n) is 7.95. The molecule has 0 bridgehead atoms. The number of aromatic nitrogens is 2. The Morgan fingerprint density at radius 1 is 1.04 bits per heavy atom. The molecule has 0 N–H and O–H groups in total. The molecule has 3 nitrogen and oxygen atoms in total. The van der Waals surface area contributed by atoms with E-state index in [4.69, 9.17) is 4.42 Å². The van der Waals surface area contributed by atoms with Crippen molar-refractivity contribution < 1.29 is 4.42 Å². The van der Waals surface area contributed by atoms with Crippen molar-refractivity contribution >= 4 is 28.1 Å². The van der Waals surface area contributed by atoms with Crippen LogP contribution in [0.2, 0.25) is 0 Å². The van der Waals surface area contributed by atoms with Gasteiger partial charge in [0.15, 0.2) is 0 Å². The third-order valence-corrected chi connectivity index (χ3v) is 4.28. The Labute approximate surface area is 150 Å². The fourth-order valence-corrected chi connectivity index (χ4v) is 2.64. The van der Waals surface area contributed by atoms with Gasteiger partial charge in [-0.3, -0.25) is 0 Å². The molecule has 1 aromatic heterocycles. The highest BCUT2D eigenvalue weighted by Crippen LogP contribution is 2.18. The second-order valence-corrected chi connectivity index (χ2v) is 6.91. The van der Waals surface area contributed by atoms with E-state index in [1.165, 1.54) is 5.56 Å². The van der Waals surface area contributed by atoms with E-state index in [2.05, 4.69) is 64.2 Å². The smallest absolute Gasteiger partial charge is 0.240 e. The molecular weight excluding hydrogens is 364 g/mol. The van der Waals surface area contributed by atoms with Gasteiger partial charge in [0.1, 0.15) is 0 Å². The zero-order chi connectivity index (χ0) is 16.9. The predicted molar refractivity (Wildman–Crippen MR) is 101 cm³/mol. The van der Waals surface area contributed by atoms with Crippen molar-refractivity contribution in [3.63, 3.8) is 0 Å². The summed E-state index contributed by atoms with van der Waals surface area (Å²) < 4.78 is 6.76. The first kappa shape index (κ1) is 16.7. The largest absolute Gasteiger partial charge is 0.421 e. The number of rotatable bonds is 5. The van der Waals surface area contributed by atoms with Crippen LogP contribution in [0.4, 0.5) is 0 Å². The molecular formula is C20H19BrN2O. The maximum Gasteiger partial charge on any atom is 0.240 e. The number of halogens is 1. The van der Waals surface area contributed by atoms with Crippen LogP contribution in [0.3, 0.4) is 0 Å². The highest BCUT2D eigenvalue weighted by molar-refractivity contribution is 9.10. The van der Waals surface area contributed by atoms with Crippen LogP contribution in [0.1, 0.15) is 48.2 Å². The van der Waals surface area contributed by atoms with Gasteiger partial charge in [0.25, 0.3) is 0 Å². The van der Waals surface area contributed by atoms with E-state index < -0.39 is 0 Å². The number of benzene rings is 2. The van der Waals surface area contributed by atoms with Crippen molar-refractivity contribution in [2.45, 2.75) is 26.2 Å². The van der Waals surface area contributed by atoms with Gasteiger partial charge < -0.3 is 4.42 Å². The van der Waals surface area contributed by atoms with Gasteiger partial charge in [-0.15, -0.1) is 10.2 Å². The first-order chi connectivity index (χ1) is 11.6. The molecule has 24 heavy (non-hydrogen) atoms. The van der Waals surface area contributed by atoms with Crippen LogP contribution in [0, 0.1) is 0 Å². The molecule has 3 rings (SSSR count). The number of hydrogen-bond donors (Lipinski definition) is 0. The van der Waals surface area contributed by atoms with Gasteiger partial charge in [0.2, 0.25) is 11.8 Å². The van der Waals surface area contributed by atoms with Gasteiger partial charge in [0, 0.05) is 10.5 Å². The van der Waals surface area contributed by atoms with Crippen molar-refractivity contribution in [2.75, 3.05) is 0 Å². The van der Waals surface area contributed by atoms with Gasteiger partial charge >= 0.3 is 0 Å². The van der Waals surface area contributed by atoms with Crippen molar-refractivity contribution in [3.8, 4) is 0 Å². The van der Waals surface area contributed by atoms with Crippen LogP contribution < -0.4 is 0 Å². The molecule has 0 aliphatic heterocycles. The quantitative estimate of drug-likeness (QED) is 0.566. The Bertz CT molecular complexity index is 835. The van der Waals surface area contributed by atoms with E-state index in [-0.39, 0.29) is 0 Å². The zero-order valence-electron chi connectivity index (χ0n) is 13.7. The highest BCUT2D eigenvalue weighted by atomic mass is 79.9. The number of hydrogen-bond acceptors (Lipinski definition) is 3. The molecule has 3 aromatic rings. The molecule has 4 heteroatoms. The Balaban J connectivity index is 1.69. The Morgan fingerprint density at radius 3 is 2.58 bits per heavy atom. The van der Waals surface area contributed by atoms with Crippen LogP contribution in [0.15, 0.2) is 57.4 Å². The summed E-state index contributed by atoms with van der Waals surface area (Å²) in [5.41, 5.74) is 3.59. The lowest BCUT2D eigenvalue weighted by Crippen LogP contribution is -1.87. The summed E-state index contributed by atoms with van der Waals surface area (Å²) in [4.78, 5) is 0. The third-order valence-electron chi connectivity index (χ3n) is 3.75. The average molecular weight is 383 g/mol. The second-order valence-electron chi connectivity index (χ2n) is 6.00. The lowest BCUT2D eigenvalue weighted by Gasteiger charge is -2.05. The van der Waals surface area contributed by atoms with E-state index in [1.807, 2.05) is 36.4 Å². The number of nitrogens with zero attached hydrogens (tertiary/aromatic N) is 2. The third kappa shape index (κ3) is 4.42. The van der Waals surface area contributed by atoms with Gasteiger partial charge in [-0.1, -0.05) is 66.2 Å². The normalized spacial score (nSPS) is 11.5. The summed E-state index contributed by atoms with van der Waals surface area (Å²) >= 11 is 3.43. The Kier molecular flexibility index (Phi) is 5.26. The molecule has 0 saturated carbocycles. The molecule has 0 spiro atoms. The lowest BCUT2D eigenvalue weighted by atomic mass is 10.0. The van der Waals surface area contributed by atoms with Gasteiger partial charge in [-0.05, 0) is 40.8 Å². The van der Waals surface area contributed by atoms with E-state index in [9.17, 15) is 0 Å². The fourth-order valence-electron chi connectivity index (χ4n) is 2.37. The van der Waals surface area contributed by atoms with E-state index in [1.54, 1.807) is 0 Å². The van der Waals surface area contributed by atoms with Crippen LogP contribution in [0.25, 0.3) is 12.2 Å². The van der Waals surface area contributed by atoms with Crippen LogP contribution in [0.5, 0.6) is 0 Å². The van der Waals surface area contributed by atoms with E-state index >= 15 is 0 Å². The molecule has 0 amide bonds. The standard InChI is InChI=1S/C20H19BrN2O/c1-14(2)17-5-3-4-15(12-17)8-11-19-22-23-20(24-19)13-16-6-9-18(21)10-7-16/h3-12,14H,13H2,1-2H3. The molecule has 0 saturated heterocycles. The average Bonchev–Trinajstić information content (AvgIpc) is 3.03. The fraction of sp³-hybridized carbons (Fsp3) is 0.200. The summed E-state index contributed by atoms with van der Waals surface area (Å²) in [7, 11) is 0. The maximum absolute atomic E-state index is 5.70.